The highest BCUT2D eigenvalue weighted by atomic mass is 16.2. The summed E-state index contributed by atoms with van der Waals surface area (Å²) >= 11 is 0. The van der Waals surface area contributed by atoms with E-state index >= 15 is 0 Å². The number of nitrogens with zero attached hydrogens (tertiary/aromatic N) is 5. The third-order valence-electron chi connectivity index (χ3n) is 4.78. The van der Waals surface area contributed by atoms with Crippen LogP contribution >= 0.6 is 0 Å². The molecule has 0 bridgehead atoms. The molecule has 1 aromatic heterocycles. The van der Waals surface area contributed by atoms with Crippen LogP contribution in [-0.4, -0.2) is 57.8 Å². The number of hydrogen-bond acceptors (Lipinski definition) is 4. The van der Waals surface area contributed by atoms with Crippen molar-refractivity contribution in [3.8, 4) is 0 Å². The second-order valence-corrected chi connectivity index (χ2v) is 6.35. The number of carbonyl (C=O) groups excluding carboxylic acids is 2. The normalized spacial score (nSPS) is 20.6. The molecule has 2 aromatic rings. The highest BCUT2D eigenvalue weighted by Crippen LogP contribution is 2.23. The first-order valence-electron chi connectivity index (χ1n) is 8.51. The van der Waals surface area contributed by atoms with Gasteiger partial charge >= 0.3 is 6.03 Å². The van der Waals surface area contributed by atoms with Crippen LogP contribution in [0.1, 0.15) is 29.2 Å². The average molecular weight is 340 g/mol. The molecule has 2 aliphatic heterocycles. The summed E-state index contributed by atoms with van der Waals surface area (Å²) < 4.78 is 1.83. The van der Waals surface area contributed by atoms with Crippen LogP contribution in [0.5, 0.6) is 0 Å². The van der Waals surface area contributed by atoms with Crippen molar-refractivity contribution in [3.63, 3.8) is 0 Å². The van der Waals surface area contributed by atoms with Gasteiger partial charge < -0.3 is 10.2 Å². The van der Waals surface area contributed by atoms with E-state index < -0.39 is 0 Å². The molecule has 8 nitrogen and oxygen atoms in total. The fourth-order valence-electron chi connectivity index (χ4n) is 3.45. The van der Waals surface area contributed by atoms with Gasteiger partial charge in [0.15, 0.2) is 0 Å². The molecule has 2 saturated heterocycles. The number of anilines is 1. The summed E-state index contributed by atoms with van der Waals surface area (Å²) in [5.74, 6) is 0.0160. The molecule has 4 rings (SSSR count). The smallest absolute Gasteiger partial charge is 0.321 e. The van der Waals surface area contributed by atoms with Crippen molar-refractivity contribution in [2.45, 2.75) is 18.9 Å². The lowest BCUT2D eigenvalue weighted by Gasteiger charge is -2.32. The minimum absolute atomic E-state index is 0.0160. The van der Waals surface area contributed by atoms with Crippen molar-refractivity contribution in [3.05, 3.63) is 42.5 Å². The maximum atomic E-state index is 12.8. The lowest BCUT2D eigenvalue weighted by atomic mass is 10.0. The number of likely N-dealkylation sites (tertiary alicyclic amines) is 1. The molecular weight excluding hydrogens is 320 g/mol. The maximum Gasteiger partial charge on any atom is 0.321 e. The second-order valence-electron chi connectivity index (χ2n) is 6.35. The van der Waals surface area contributed by atoms with Gasteiger partial charge in [-0.05, 0) is 37.1 Å². The summed E-state index contributed by atoms with van der Waals surface area (Å²) in [7, 11) is 0. The van der Waals surface area contributed by atoms with E-state index in [2.05, 4.69) is 15.4 Å². The Morgan fingerprint density at radius 3 is 2.72 bits per heavy atom. The van der Waals surface area contributed by atoms with E-state index in [4.69, 9.17) is 0 Å². The molecule has 0 spiro atoms. The van der Waals surface area contributed by atoms with Crippen molar-refractivity contribution in [1.29, 1.82) is 0 Å². The molecule has 0 unspecified atom stereocenters. The molecule has 2 aliphatic rings. The zero-order valence-corrected chi connectivity index (χ0v) is 13.8. The molecule has 3 amide bonds. The van der Waals surface area contributed by atoms with Gasteiger partial charge in [-0.1, -0.05) is 0 Å². The Balaban J connectivity index is 1.46. The predicted molar refractivity (Wildman–Crippen MR) is 91.4 cm³/mol. The number of hydrogen-bond donors (Lipinski definition) is 1. The summed E-state index contributed by atoms with van der Waals surface area (Å²) in [5, 5.41) is 6.97. The molecule has 0 radical (unpaired) electrons. The van der Waals surface area contributed by atoms with E-state index in [1.165, 1.54) is 6.33 Å². The summed E-state index contributed by atoms with van der Waals surface area (Å²) in [6.45, 7) is 2.69. The zero-order valence-electron chi connectivity index (χ0n) is 13.8. The summed E-state index contributed by atoms with van der Waals surface area (Å²) in [4.78, 5) is 32.1. The summed E-state index contributed by atoms with van der Waals surface area (Å²) in [5.41, 5.74) is 1.45. The van der Waals surface area contributed by atoms with Gasteiger partial charge in [-0.15, -0.1) is 0 Å². The van der Waals surface area contributed by atoms with Gasteiger partial charge in [-0.2, -0.15) is 5.10 Å². The van der Waals surface area contributed by atoms with Crippen LogP contribution in [0.15, 0.2) is 36.9 Å². The van der Waals surface area contributed by atoms with Crippen LogP contribution < -0.4 is 10.2 Å². The van der Waals surface area contributed by atoms with Crippen molar-refractivity contribution < 1.29 is 9.59 Å². The van der Waals surface area contributed by atoms with Crippen LogP contribution in [0, 0.1) is 0 Å². The quantitative estimate of drug-likeness (QED) is 0.912. The Morgan fingerprint density at radius 1 is 1.20 bits per heavy atom. The predicted octanol–water partition coefficient (Wildman–Crippen LogP) is 1.28. The fourth-order valence-corrected chi connectivity index (χ4v) is 3.45. The van der Waals surface area contributed by atoms with E-state index in [0.29, 0.717) is 25.2 Å². The van der Waals surface area contributed by atoms with E-state index in [1.807, 2.05) is 21.7 Å². The molecule has 0 aliphatic carbocycles. The second kappa shape index (κ2) is 6.54. The molecule has 1 aromatic carbocycles. The lowest BCUT2D eigenvalue weighted by Crippen LogP contribution is -2.40. The van der Waals surface area contributed by atoms with E-state index in [-0.39, 0.29) is 18.0 Å². The number of carbonyl (C=O) groups is 2. The standard InChI is InChI=1S/C17H20N6O2/c24-16(21-8-1-2-15(10-21)23-12-18-11-20-23)13-3-5-14(6-4-13)22-9-7-19-17(22)25/h3-6,11-12,15H,1-2,7-10H2,(H,19,25)/t15-/m0/s1. The third kappa shape index (κ3) is 3.07. The third-order valence-corrected chi connectivity index (χ3v) is 4.78. The molecule has 130 valence electrons. The van der Waals surface area contributed by atoms with E-state index in [0.717, 1.165) is 25.1 Å². The Labute approximate surface area is 145 Å². The Hall–Kier alpha value is -2.90. The molecule has 2 fully saturated rings. The molecule has 1 atom stereocenters. The van der Waals surface area contributed by atoms with Gasteiger partial charge in [-0.25, -0.2) is 14.5 Å². The first-order chi connectivity index (χ1) is 12.2. The van der Waals surface area contributed by atoms with Gasteiger partial charge in [0, 0.05) is 37.4 Å². The molecule has 1 N–H and O–H groups in total. The number of piperidine rings is 1. The van der Waals surface area contributed by atoms with Crippen molar-refractivity contribution in [2.75, 3.05) is 31.1 Å². The Kier molecular flexibility index (Phi) is 4.09. The van der Waals surface area contributed by atoms with Crippen LogP contribution in [0.25, 0.3) is 0 Å². The van der Waals surface area contributed by atoms with Crippen molar-refractivity contribution >= 4 is 17.6 Å². The highest BCUT2D eigenvalue weighted by Gasteiger charge is 2.26. The van der Waals surface area contributed by atoms with Gasteiger partial charge in [0.1, 0.15) is 12.7 Å². The minimum atomic E-state index is -0.0919. The van der Waals surface area contributed by atoms with Crippen LogP contribution in [-0.2, 0) is 0 Å². The zero-order chi connectivity index (χ0) is 17.2. The Bertz CT molecular complexity index is 758. The number of nitrogens with one attached hydrogen (secondary N) is 1. The minimum Gasteiger partial charge on any atom is -0.337 e. The fraction of sp³-hybridized carbons (Fsp3) is 0.412. The topological polar surface area (TPSA) is 83.4 Å². The number of aromatic nitrogens is 3. The van der Waals surface area contributed by atoms with E-state index in [9.17, 15) is 9.59 Å². The number of amides is 3. The van der Waals surface area contributed by atoms with Gasteiger partial charge in [-0.3, -0.25) is 9.69 Å². The maximum absolute atomic E-state index is 12.8. The first kappa shape index (κ1) is 15.6. The molecule has 0 saturated carbocycles. The SMILES string of the molecule is O=C(c1ccc(N2CCNC2=O)cc1)N1CCC[C@H](n2cncn2)C1. The van der Waals surface area contributed by atoms with Crippen LogP contribution in [0.2, 0.25) is 0 Å². The van der Waals surface area contributed by atoms with Gasteiger partial charge in [0.05, 0.1) is 6.04 Å². The van der Waals surface area contributed by atoms with Gasteiger partial charge in [0.25, 0.3) is 5.91 Å². The Morgan fingerprint density at radius 2 is 2.04 bits per heavy atom. The largest absolute Gasteiger partial charge is 0.337 e. The van der Waals surface area contributed by atoms with Crippen LogP contribution in [0.3, 0.4) is 0 Å². The summed E-state index contributed by atoms with van der Waals surface area (Å²) in [6, 6.07) is 7.33. The van der Waals surface area contributed by atoms with E-state index in [1.54, 1.807) is 23.4 Å². The molecule has 3 heterocycles. The van der Waals surface area contributed by atoms with Gasteiger partial charge in [0.2, 0.25) is 0 Å². The number of rotatable bonds is 3. The van der Waals surface area contributed by atoms with Crippen LogP contribution in [0.4, 0.5) is 10.5 Å². The highest BCUT2D eigenvalue weighted by molar-refractivity contribution is 5.97. The van der Waals surface area contributed by atoms with Crippen molar-refractivity contribution in [1.82, 2.24) is 25.0 Å². The number of urea groups is 1. The monoisotopic (exact) mass is 340 g/mol. The molecular formula is C17H20N6O2. The van der Waals surface area contributed by atoms with Crippen molar-refractivity contribution in [2.24, 2.45) is 0 Å². The average Bonchev–Trinajstić information content (AvgIpc) is 3.33. The number of benzene rings is 1. The lowest BCUT2D eigenvalue weighted by molar-refractivity contribution is 0.0673. The summed E-state index contributed by atoms with van der Waals surface area (Å²) in [6.07, 6.45) is 5.17. The molecule has 25 heavy (non-hydrogen) atoms. The first-order valence-corrected chi connectivity index (χ1v) is 8.51. The molecule has 8 heteroatoms.